The van der Waals surface area contributed by atoms with Gasteiger partial charge in [-0.05, 0) is 19.1 Å². The lowest BCUT2D eigenvalue weighted by atomic mass is 10.1. The van der Waals surface area contributed by atoms with Gasteiger partial charge in [-0.25, -0.2) is 5.43 Å². The Labute approximate surface area is 155 Å². The Kier molecular flexibility index (Phi) is 8.32. The summed E-state index contributed by atoms with van der Waals surface area (Å²) in [4.78, 5) is 22.9. The number of non-ortho nitro benzene ring substituents is 1. The summed E-state index contributed by atoms with van der Waals surface area (Å²) in [5.74, 6) is -0.455. The average Bonchev–Trinajstić information content (AvgIpc) is 3.08. The zero-order valence-electron chi connectivity index (χ0n) is 14.0. The summed E-state index contributed by atoms with van der Waals surface area (Å²) in [7, 11) is 4.61. The molecule has 2 rings (SSSR count). The molecule has 0 aliphatic rings. The standard InChI is InChI=1S/C14H16N6O3S.BF/c1-3-19-8-11(13(21)16-14(24)17-15-2)12(18-19)9-5-4-6-10(7-9)20(22)23;1-2/h4-8,15H,3H2,1-2H3,(H2,16,17,21,24);. The minimum absolute atomic E-state index is 0.0720. The van der Waals surface area contributed by atoms with Crippen molar-refractivity contribution in [1.29, 1.82) is 0 Å². The van der Waals surface area contributed by atoms with Gasteiger partial charge in [0.05, 0.1) is 10.5 Å². The summed E-state index contributed by atoms with van der Waals surface area (Å²) in [6.45, 7) is 2.42. The molecule has 136 valence electrons. The second kappa shape index (κ2) is 10.2. The number of nitrogens with zero attached hydrogens (tertiary/aromatic N) is 3. The van der Waals surface area contributed by atoms with Gasteiger partial charge < -0.3 is 4.32 Å². The molecule has 1 aromatic heterocycles. The van der Waals surface area contributed by atoms with E-state index in [0.29, 0.717) is 17.8 Å². The van der Waals surface area contributed by atoms with Crippen molar-refractivity contribution in [3.8, 4) is 11.3 Å². The number of nitro benzene ring substituents is 1. The predicted octanol–water partition coefficient (Wildman–Crippen LogP) is 1.26. The van der Waals surface area contributed by atoms with E-state index in [-0.39, 0.29) is 16.4 Å². The normalized spacial score (nSPS) is 9.65. The van der Waals surface area contributed by atoms with Crippen LogP contribution in [0.1, 0.15) is 17.3 Å². The number of hydrogen-bond acceptors (Lipinski definition) is 6. The predicted molar refractivity (Wildman–Crippen MR) is 99.1 cm³/mol. The molecular formula is C14H16BFN6O3S. The number of aromatic nitrogens is 2. The number of aryl methyl sites for hydroxylation is 1. The van der Waals surface area contributed by atoms with Crippen molar-refractivity contribution in [3.05, 3.63) is 46.1 Å². The first-order chi connectivity index (χ1) is 12.5. The maximum Gasteiger partial charge on any atom is 0.350 e. The van der Waals surface area contributed by atoms with E-state index in [2.05, 4.69) is 29.4 Å². The van der Waals surface area contributed by atoms with Crippen LogP contribution >= 0.6 is 12.2 Å². The number of rotatable bonds is 5. The Bertz CT molecular complexity index is 801. The summed E-state index contributed by atoms with van der Waals surface area (Å²) >= 11 is 4.96. The molecular weight excluding hydrogens is 362 g/mol. The highest BCUT2D eigenvalue weighted by Crippen LogP contribution is 2.25. The third-order valence-electron chi connectivity index (χ3n) is 3.13. The largest absolute Gasteiger partial charge is 0.350 e. The van der Waals surface area contributed by atoms with Crippen LogP contribution in [0, 0.1) is 10.1 Å². The first kappa shape index (κ1) is 21.2. The van der Waals surface area contributed by atoms with E-state index in [9.17, 15) is 14.9 Å². The topological polar surface area (TPSA) is 114 Å². The molecule has 0 fully saturated rings. The fourth-order valence-electron chi connectivity index (χ4n) is 2.04. The molecule has 0 saturated carbocycles. The smallest absolute Gasteiger partial charge is 0.350 e. The van der Waals surface area contributed by atoms with E-state index in [1.165, 1.54) is 12.1 Å². The zero-order chi connectivity index (χ0) is 19.7. The van der Waals surface area contributed by atoms with Crippen LogP contribution in [-0.4, -0.2) is 40.9 Å². The minimum Gasteiger partial charge on any atom is -0.350 e. The Morgan fingerprint density at radius 2 is 2.15 bits per heavy atom. The van der Waals surface area contributed by atoms with E-state index in [0.717, 1.165) is 0 Å². The lowest BCUT2D eigenvalue weighted by Gasteiger charge is -2.07. The fourth-order valence-corrected chi connectivity index (χ4v) is 2.24. The maximum atomic E-state index is 12.4. The number of thiocarbonyl (C=S) groups is 1. The second-order valence-corrected chi connectivity index (χ2v) is 5.12. The molecule has 0 bridgehead atoms. The van der Waals surface area contributed by atoms with E-state index in [4.69, 9.17) is 16.5 Å². The highest BCUT2D eigenvalue weighted by molar-refractivity contribution is 7.80. The van der Waals surface area contributed by atoms with Crippen molar-refractivity contribution in [3.63, 3.8) is 0 Å². The van der Waals surface area contributed by atoms with Crippen molar-refractivity contribution < 1.29 is 14.0 Å². The SMILES string of the molecule is CCn1cc(C(=O)NC(=S)NNC)c(-c2cccc([N+](=O)[O-])c2)n1.[B]F. The third kappa shape index (κ3) is 5.32. The molecule has 2 radical (unpaired) electrons. The summed E-state index contributed by atoms with van der Waals surface area (Å²) in [5, 5.41) is 17.9. The van der Waals surface area contributed by atoms with Crippen LogP contribution < -0.4 is 16.2 Å². The summed E-state index contributed by atoms with van der Waals surface area (Å²) < 4.78 is 10.6. The number of nitrogens with one attached hydrogen (secondary N) is 3. The van der Waals surface area contributed by atoms with Gasteiger partial charge in [0, 0.05) is 37.5 Å². The van der Waals surface area contributed by atoms with Gasteiger partial charge in [0.15, 0.2) is 5.11 Å². The molecule has 3 N–H and O–H groups in total. The van der Waals surface area contributed by atoms with Gasteiger partial charge in [0.2, 0.25) is 0 Å². The Hall–Kier alpha value is -2.86. The van der Waals surface area contributed by atoms with Crippen molar-refractivity contribution in [2.75, 3.05) is 7.05 Å². The van der Waals surface area contributed by atoms with Crippen molar-refractivity contribution in [2.45, 2.75) is 13.5 Å². The first-order valence-corrected chi connectivity index (χ1v) is 7.69. The first-order valence-electron chi connectivity index (χ1n) is 7.28. The van der Waals surface area contributed by atoms with E-state index >= 15 is 0 Å². The monoisotopic (exact) mass is 378 g/mol. The lowest BCUT2D eigenvalue weighted by molar-refractivity contribution is -0.384. The van der Waals surface area contributed by atoms with Crippen LogP contribution in [0.5, 0.6) is 0 Å². The van der Waals surface area contributed by atoms with Gasteiger partial charge >= 0.3 is 8.12 Å². The quantitative estimate of drug-likeness (QED) is 0.311. The second-order valence-electron chi connectivity index (χ2n) is 4.71. The lowest BCUT2D eigenvalue weighted by Crippen LogP contribution is -2.44. The molecule has 1 heterocycles. The van der Waals surface area contributed by atoms with Crippen molar-refractivity contribution in [1.82, 2.24) is 25.9 Å². The summed E-state index contributed by atoms with van der Waals surface area (Å²) in [6, 6.07) is 5.97. The highest BCUT2D eigenvalue weighted by atomic mass is 32.1. The van der Waals surface area contributed by atoms with Gasteiger partial charge in [-0.3, -0.25) is 30.3 Å². The van der Waals surface area contributed by atoms with E-state index < -0.39 is 10.8 Å². The number of hydrogen-bond donors (Lipinski definition) is 3. The van der Waals surface area contributed by atoms with Crippen LogP contribution in [0.25, 0.3) is 11.3 Å². The Morgan fingerprint density at radius 3 is 2.73 bits per heavy atom. The number of hydrazine groups is 1. The minimum atomic E-state index is -0.494. The fraction of sp³-hybridized carbons (Fsp3) is 0.214. The molecule has 0 saturated heterocycles. The van der Waals surface area contributed by atoms with Crippen molar-refractivity contribution >= 4 is 37.0 Å². The van der Waals surface area contributed by atoms with Gasteiger partial charge in [0.25, 0.3) is 11.6 Å². The van der Waals surface area contributed by atoms with Crippen LogP contribution in [0.3, 0.4) is 0 Å². The summed E-state index contributed by atoms with van der Waals surface area (Å²) in [5.41, 5.74) is 6.22. The van der Waals surface area contributed by atoms with E-state index in [1.54, 1.807) is 30.1 Å². The number of nitro groups is 1. The molecule has 0 aliphatic carbocycles. The molecule has 0 atom stereocenters. The molecule has 0 unspecified atom stereocenters. The molecule has 1 amide bonds. The molecule has 12 heteroatoms. The van der Waals surface area contributed by atoms with Crippen LogP contribution in [0.15, 0.2) is 30.5 Å². The van der Waals surface area contributed by atoms with Gasteiger partial charge in [-0.15, -0.1) is 0 Å². The molecule has 0 spiro atoms. The summed E-state index contributed by atoms with van der Waals surface area (Å²) in [6.07, 6.45) is 1.57. The van der Waals surface area contributed by atoms with Gasteiger partial charge in [0.1, 0.15) is 5.69 Å². The van der Waals surface area contributed by atoms with Crippen LogP contribution in [0.2, 0.25) is 0 Å². The Balaban J connectivity index is 0.00000163. The number of carbonyl (C=O) groups is 1. The van der Waals surface area contributed by atoms with Gasteiger partial charge in [-0.1, -0.05) is 12.1 Å². The number of amides is 1. The zero-order valence-corrected chi connectivity index (χ0v) is 14.8. The Morgan fingerprint density at radius 1 is 1.46 bits per heavy atom. The number of halogens is 1. The van der Waals surface area contributed by atoms with Crippen LogP contribution in [-0.2, 0) is 6.54 Å². The highest BCUT2D eigenvalue weighted by Gasteiger charge is 2.20. The van der Waals surface area contributed by atoms with E-state index in [1.807, 2.05) is 6.92 Å². The van der Waals surface area contributed by atoms with Gasteiger partial charge in [-0.2, -0.15) is 5.10 Å². The molecule has 1 aromatic carbocycles. The molecule has 9 nitrogen and oxygen atoms in total. The molecule has 26 heavy (non-hydrogen) atoms. The molecule has 0 aliphatic heterocycles. The van der Waals surface area contributed by atoms with Crippen LogP contribution in [0.4, 0.5) is 10.0 Å². The maximum absolute atomic E-state index is 12.4. The third-order valence-corrected chi connectivity index (χ3v) is 3.33. The average molecular weight is 378 g/mol. The number of carbonyl (C=O) groups excluding carboxylic acids is 1. The van der Waals surface area contributed by atoms with Crippen molar-refractivity contribution in [2.24, 2.45) is 0 Å². The molecule has 2 aromatic rings. The number of benzene rings is 1.